The molecular weight excluding hydrogens is 252 g/mol. The molecule has 2 atom stereocenters. The van der Waals surface area contributed by atoms with Gasteiger partial charge >= 0.3 is 0 Å². The zero-order chi connectivity index (χ0) is 13.1. The van der Waals surface area contributed by atoms with E-state index >= 15 is 0 Å². The summed E-state index contributed by atoms with van der Waals surface area (Å²) in [4.78, 5) is 0. The fourth-order valence-corrected chi connectivity index (χ4v) is 2.75. The number of aliphatic hydroxyl groups excluding tert-OH is 1. The Morgan fingerprint density at radius 3 is 2.94 bits per heavy atom. The zero-order valence-corrected chi connectivity index (χ0v) is 11.8. The summed E-state index contributed by atoms with van der Waals surface area (Å²) in [5.41, 5.74) is 1.86. The summed E-state index contributed by atoms with van der Waals surface area (Å²) in [6.07, 6.45) is 4.51. The fraction of sp³-hybridized carbons (Fsp3) is 0.769. The van der Waals surface area contributed by atoms with Crippen LogP contribution < -0.4 is 0 Å². The third-order valence-corrected chi connectivity index (χ3v) is 4.03. The van der Waals surface area contributed by atoms with Gasteiger partial charge in [-0.15, -0.1) is 0 Å². The molecule has 1 aliphatic heterocycles. The van der Waals surface area contributed by atoms with Crippen LogP contribution in [0, 0.1) is 6.92 Å². The van der Waals surface area contributed by atoms with Crippen molar-refractivity contribution in [2.24, 2.45) is 7.05 Å². The third kappa shape index (κ3) is 3.25. The molecule has 1 fully saturated rings. The van der Waals surface area contributed by atoms with Gasteiger partial charge in [-0.2, -0.15) is 5.10 Å². The lowest BCUT2D eigenvalue weighted by Gasteiger charge is -2.13. The topological polar surface area (TPSA) is 47.3 Å². The van der Waals surface area contributed by atoms with E-state index in [4.69, 9.17) is 16.3 Å². The second-order valence-electron chi connectivity index (χ2n) is 5.05. The minimum atomic E-state index is -0.366. The number of aliphatic hydroxyl groups is 1. The summed E-state index contributed by atoms with van der Waals surface area (Å²) in [5.74, 6) is 0. The Morgan fingerprint density at radius 1 is 1.61 bits per heavy atom. The van der Waals surface area contributed by atoms with Gasteiger partial charge in [0.05, 0.1) is 17.9 Å². The Balaban J connectivity index is 1.84. The van der Waals surface area contributed by atoms with Gasteiger partial charge in [-0.25, -0.2) is 0 Å². The monoisotopic (exact) mass is 272 g/mol. The maximum absolute atomic E-state index is 10.1. The lowest BCUT2D eigenvalue weighted by molar-refractivity contribution is 0.0813. The number of ether oxygens (including phenoxy) is 1. The minimum Gasteiger partial charge on any atom is -0.393 e. The molecule has 4 nitrogen and oxygen atoms in total. The van der Waals surface area contributed by atoms with E-state index in [0.29, 0.717) is 17.7 Å². The van der Waals surface area contributed by atoms with Crippen LogP contribution in [0.4, 0.5) is 0 Å². The van der Waals surface area contributed by atoms with Gasteiger partial charge in [-0.1, -0.05) is 11.6 Å². The van der Waals surface area contributed by atoms with Gasteiger partial charge in [-0.05, 0) is 32.6 Å². The lowest BCUT2D eigenvalue weighted by atomic mass is 10.0. The van der Waals surface area contributed by atoms with Crippen molar-refractivity contribution in [1.29, 1.82) is 0 Å². The van der Waals surface area contributed by atoms with Gasteiger partial charge in [0, 0.05) is 25.6 Å². The molecule has 0 amide bonds. The molecule has 1 saturated heterocycles. The van der Waals surface area contributed by atoms with Gasteiger partial charge in [0.1, 0.15) is 5.15 Å². The molecule has 1 aliphatic rings. The molecule has 1 aromatic rings. The quantitative estimate of drug-likeness (QED) is 0.894. The van der Waals surface area contributed by atoms with Crippen LogP contribution in [0.15, 0.2) is 0 Å². The lowest BCUT2D eigenvalue weighted by Crippen LogP contribution is -2.15. The van der Waals surface area contributed by atoms with Gasteiger partial charge in [0.15, 0.2) is 0 Å². The molecule has 2 unspecified atom stereocenters. The molecule has 18 heavy (non-hydrogen) atoms. The summed E-state index contributed by atoms with van der Waals surface area (Å²) in [7, 11) is 1.82. The van der Waals surface area contributed by atoms with Crippen molar-refractivity contribution in [2.45, 2.75) is 51.2 Å². The second kappa shape index (κ2) is 6.04. The predicted molar refractivity (Wildman–Crippen MR) is 70.9 cm³/mol. The first-order valence-corrected chi connectivity index (χ1v) is 6.93. The van der Waals surface area contributed by atoms with Crippen molar-refractivity contribution in [1.82, 2.24) is 9.78 Å². The first-order valence-electron chi connectivity index (χ1n) is 6.55. The van der Waals surface area contributed by atoms with E-state index < -0.39 is 0 Å². The van der Waals surface area contributed by atoms with Crippen LogP contribution in [0.3, 0.4) is 0 Å². The normalized spacial score (nSPS) is 21.4. The number of aromatic nitrogens is 2. The number of nitrogens with zero attached hydrogens (tertiary/aromatic N) is 2. The Bertz CT molecular complexity index is 400. The average molecular weight is 273 g/mol. The van der Waals surface area contributed by atoms with Crippen LogP contribution in [-0.2, 0) is 18.2 Å². The maximum Gasteiger partial charge on any atom is 0.130 e. The van der Waals surface area contributed by atoms with E-state index in [0.717, 1.165) is 43.5 Å². The fourth-order valence-electron chi connectivity index (χ4n) is 2.49. The summed E-state index contributed by atoms with van der Waals surface area (Å²) in [5, 5.41) is 14.9. The second-order valence-corrected chi connectivity index (χ2v) is 5.41. The molecule has 2 rings (SSSR count). The number of aryl methyl sites for hydroxylation is 2. The Hall–Kier alpha value is -0.580. The van der Waals surface area contributed by atoms with Crippen molar-refractivity contribution in [3.63, 3.8) is 0 Å². The van der Waals surface area contributed by atoms with Gasteiger partial charge in [0.2, 0.25) is 0 Å². The Labute approximate surface area is 113 Å². The summed E-state index contributed by atoms with van der Waals surface area (Å²) >= 11 is 6.15. The first-order chi connectivity index (χ1) is 8.58. The van der Waals surface area contributed by atoms with Crippen LogP contribution in [-0.4, -0.2) is 33.7 Å². The van der Waals surface area contributed by atoms with Crippen molar-refractivity contribution in [2.75, 3.05) is 6.61 Å². The third-order valence-electron chi connectivity index (χ3n) is 3.56. The number of hydrogen-bond donors (Lipinski definition) is 1. The first kappa shape index (κ1) is 13.8. The number of halogens is 1. The molecule has 0 radical (unpaired) electrons. The molecule has 1 N–H and O–H groups in total. The maximum atomic E-state index is 10.1. The highest BCUT2D eigenvalue weighted by molar-refractivity contribution is 6.30. The Kier molecular flexibility index (Phi) is 4.65. The molecular formula is C13H21ClN2O2. The van der Waals surface area contributed by atoms with Crippen molar-refractivity contribution in [3.05, 3.63) is 16.4 Å². The van der Waals surface area contributed by atoms with E-state index in [1.54, 1.807) is 4.68 Å². The summed E-state index contributed by atoms with van der Waals surface area (Å²) < 4.78 is 7.20. The van der Waals surface area contributed by atoms with Crippen molar-refractivity contribution >= 4 is 11.6 Å². The molecule has 0 aliphatic carbocycles. The van der Waals surface area contributed by atoms with Gasteiger partial charge in [0.25, 0.3) is 0 Å². The SMILES string of the molecule is Cc1nn(C)c(Cl)c1CC(O)CCC1CCCO1. The van der Waals surface area contributed by atoms with Crippen LogP contribution in [0.25, 0.3) is 0 Å². The van der Waals surface area contributed by atoms with Crippen LogP contribution in [0.2, 0.25) is 5.15 Å². The summed E-state index contributed by atoms with van der Waals surface area (Å²) in [6.45, 7) is 2.79. The largest absolute Gasteiger partial charge is 0.393 e. The summed E-state index contributed by atoms with van der Waals surface area (Å²) in [6, 6.07) is 0. The molecule has 1 aromatic heterocycles. The molecule has 2 heterocycles. The smallest absolute Gasteiger partial charge is 0.130 e. The highest BCUT2D eigenvalue weighted by atomic mass is 35.5. The van der Waals surface area contributed by atoms with Crippen molar-refractivity contribution < 1.29 is 9.84 Å². The van der Waals surface area contributed by atoms with E-state index in [2.05, 4.69) is 5.10 Å². The number of rotatable bonds is 5. The van der Waals surface area contributed by atoms with E-state index in [9.17, 15) is 5.11 Å². The van der Waals surface area contributed by atoms with E-state index in [1.165, 1.54) is 0 Å². The molecule has 0 saturated carbocycles. The highest BCUT2D eigenvalue weighted by Gasteiger charge is 2.19. The van der Waals surface area contributed by atoms with Crippen LogP contribution in [0.5, 0.6) is 0 Å². The predicted octanol–water partition coefficient (Wildman–Crippen LogP) is 2.24. The molecule has 0 spiro atoms. The molecule has 102 valence electrons. The zero-order valence-electron chi connectivity index (χ0n) is 11.0. The molecule has 0 aromatic carbocycles. The highest BCUT2D eigenvalue weighted by Crippen LogP contribution is 2.23. The molecule has 5 heteroatoms. The van der Waals surface area contributed by atoms with Crippen LogP contribution in [0.1, 0.15) is 36.9 Å². The Morgan fingerprint density at radius 2 is 2.39 bits per heavy atom. The van der Waals surface area contributed by atoms with Crippen molar-refractivity contribution in [3.8, 4) is 0 Å². The van der Waals surface area contributed by atoms with E-state index in [1.807, 2.05) is 14.0 Å². The number of hydrogen-bond acceptors (Lipinski definition) is 3. The van der Waals surface area contributed by atoms with Crippen LogP contribution >= 0.6 is 11.6 Å². The minimum absolute atomic E-state index is 0.338. The van der Waals surface area contributed by atoms with Gasteiger partial charge < -0.3 is 9.84 Å². The van der Waals surface area contributed by atoms with Gasteiger partial charge in [-0.3, -0.25) is 4.68 Å². The standard InChI is InChI=1S/C13H21ClN2O2/c1-9-12(13(14)16(2)15-9)8-10(17)5-6-11-4-3-7-18-11/h10-11,17H,3-8H2,1-2H3. The van der Waals surface area contributed by atoms with E-state index in [-0.39, 0.29) is 6.10 Å². The molecule has 0 bridgehead atoms. The average Bonchev–Trinajstić information content (AvgIpc) is 2.92.